The molecule has 0 aliphatic heterocycles. The number of rotatable bonds is 4. The summed E-state index contributed by atoms with van der Waals surface area (Å²) in [6.45, 7) is 7.74. The third-order valence-electron chi connectivity index (χ3n) is 2.58. The highest BCUT2D eigenvalue weighted by Gasteiger charge is 2.10. The molecule has 1 amide bonds. The van der Waals surface area contributed by atoms with E-state index in [0.29, 0.717) is 11.4 Å². The van der Waals surface area contributed by atoms with Crippen LogP contribution in [0, 0.1) is 13.8 Å². The smallest absolute Gasteiger partial charge is 0.250 e. The molecule has 3 N–H and O–H groups in total. The normalized spacial score (nSPS) is 10.6. The molecule has 0 fully saturated rings. The third-order valence-corrected chi connectivity index (χ3v) is 2.58. The van der Waals surface area contributed by atoms with Gasteiger partial charge in [0.1, 0.15) is 6.61 Å². The number of nitrogens with one attached hydrogen (secondary N) is 1. The zero-order valence-electron chi connectivity index (χ0n) is 10.8. The van der Waals surface area contributed by atoms with Crippen molar-refractivity contribution in [3.05, 3.63) is 23.3 Å². The number of ether oxygens (including phenoxy) is 1. The Morgan fingerprint density at radius 3 is 2.65 bits per heavy atom. The van der Waals surface area contributed by atoms with E-state index in [0.717, 1.165) is 11.1 Å². The second-order valence-electron chi connectivity index (χ2n) is 4.38. The summed E-state index contributed by atoms with van der Waals surface area (Å²) in [5.41, 5.74) is 9.18. The van der Waals surface area contributed by atoms with Gasteiger partial charge < -0.3 is 15.8 Å². The second-order valence-corrected chi connectivity index (χ2v) is 4.38. The average molecular weight is 236 g/mol. The Morgan fingerprint density at radius 2 is 2.06 bits per heavy atom. The SMILES string of the molecule is Cc1ccc(N)c(NC(=O)COC(C)C)c1C. The molecule has 0 saturated heterocycles. The van der Waals surface area contributed by atoms with Crippen LogP contribution in [-0.4, -0.2) is 18.6 Å². The Morgan fingerprint density at radius 1 is 1.41 bits per heavy atom. The van der Waals surface area contributed by atoms with Crippen molar-refractivity contribution in [2.75, 3.05) is 17.7 Å². The molecule has 4 nitrogen and oxygen atoms in total. The molecule has 0 spiro atoms. The quantitative estimate of drug-likeness (QED) is 0.788. The molecule has 0 aromatic heterocycles. The van der Waals surface area contributed by atoms with Crippen molar-refractivity contribution in [1.29, 1.82) is 0 Å². The van der Waals surface area contributed by atoms with Gasteiger partial charge in [0.15, 0.2) is 0 Å². The topological polar surface area (TPSA) is 64.3 Å². The maximum atomic E-state index is 11.6. The average Bonchev–Trinajstić information content (AvgIpc) is 2.27. The van der Waals surface area contributed by atoms with Gasteiger partial charge in [0.2, 0.25) is 5.91 Å². The van der Waals surface area contributed by atoms with Gasteiger partial charge in [-0.2, -0.15) is 0 Å². The van der Waals surface area contributed by atoms with Gasteiger partial charge in [0.25, 0.3) is 0 Å². The molecule has 0 saturated carbocycles. The van der Waals surface area contributed by atoms with Crippen LogP contribution < -0.4 is 11.1 Å². The Kier molecular flexibility index (Phi) is 4.52. The maximum Gasteiger partial charge on any atom is 0.250 e. The fourth-order valence-electron chi connectivity index (χ4n) is 1.42. The number of carbonyl (C=O) groups excluding carboxylic acids is 1. The van der Waals surface area contributed by atoms with Crippen LogP contribution in [0.2, 0.25) is 0 Å². The molecule has 1 rings (SSSR count). The molecular formula is C13H20N2O2. The number of nitrogens with two attached hydrogens (primary N) is 1. The maximum absolute atomic E-state index is 11.6. The lowest BCUT2D eigenvalue weighted by Crippen LogP contribution is -2.21. The highest BCUT2D eigenvalue weighted by molar-refractivity contribution is 5.95. The molecule has 0 atom stereocenters. The Bertz CT molecular complexity index is 414. The minimum Gasteiger partial charge on any atom is -0.397 e. The van der Waals surface area contributed by atoms with Crippen molar-refractivity contribution in [3.63, 3.8) is 0 Å². The van der Waals surface area contributed by atoms with Crippen LogP contribution in [0.4, 0.5) is 11.4 Å². The van der Waals surface area contributed by atoms with E-state index in [1.807, 2.05) is 33.8 Å². The van der Waals surface area contributed by atoms with Crippen LogP contribution in [0.15, 0.2) is 12.1 Å². The molecule has 4 heteroatoms. The number of anilines is 2. The van der Waals surface area contributed by atoms with E-state index >= 15 is 0 Å². The number of benzene rings is 1. The Hall–Kier alpha value is -1.55. The van der Waals surface area contributed by atoms with Gasteiger partial charge in [-0.15, -0.1) is 0 Å². The van der Waals surface area contributed by atoms with Gasteiger partial charge in [-0.1, -0.05) is 6.07 Å². The Balaban J connectivity index is 2.74. The fourth-order valence-corrected chi connectivity index (χ4v) is 1.42. The molecule has 17 heavy (non-hydrogen) atoms. The van der Waals surface area contributed by atoms with Crippen LogP contribution >= 0.6 is 0 Å². The monoisotopic (exact) mass is 236 g/mol. The van der Waals surface area contributed by atoms with Crippen molar-refractivity contribution >= 4 is 17.3 Å². The molecule has 0 unspecified atom stereocenters. The van der Waals surface area contributed by atoms with Crippen molar-refractivity contribution in [2.45, 2.75) is 33.8 Å². The van der Waals surface area contributed by atoms with E-state index in [1.165, 1.54) is 0 Å². The molecule has 94 valence electrons. The minimum atomic E-state index is -0.181. The predicted molar refractivity (Wildman–Crippen MR) is 70.0 cm³/mol. The van der Waals surface area contributed by atoms with Crippen LogP contribution in [0.1, 0.15) is 25.0 Å². The molecule has 0 aliphatic carbocycles. The third kappa shape index (κ3) is 3.75. The highest BCUT2D eigenvalue weighted by atomic mass is 16.5. The van der Waals surface area contributed by atoms with E-state index in [4.69, 9.17) is 10.5 Å². The summed E-state index contributed by atoms with van der Waals surface area (Å²) in [7, 11) is 0. The van der Waals surface area contributed by atoms with E-state index in [1.54, 1.807) is 6.07 Å². The van der Waals surface area contributed by atoms with Crippen molar-refractivity contribution in [3.8, 4) is 0 Å². The van der Waals surface area contributed by atoms with Gasteiger partial charge in [-0.25, -0.2) is 0 Å². The Labute approximate surface area is 102 Å². The van der Waals surface area contributed by atoms with Gasteiger partial charge in [0.05, 0.1) is 17.5 Å². The number of carbonyl (C=O) groups is 1. The van der Waals surface area contributed by atoms with Crippen LogP contribution in [0.3, 0.4) is 0 Å². The first-order valence-corrected chi connectivity index (χ1v) is 5.69. The summed E-state index contributed by atoms with van der Waals surface area (Å²) in [6.07, 6.45) is 0.0386. The molecule has 0 heterocycles. The summed E-state index contributed by atoms with van der Waals surface area (Å²) >= 11 is 0. The first-order chi connectivity index (χ1) is 7.91. The number of hydrogen-bond donors (Lipinski definition) is 2. The highest BCUT2D eigenvalue weighted by Crippen LogP contribution is 2.25. The van der Waals surface area contributed by atoms with E-state index in [-0.39, 0.29) is 18.6 Å². The van der Waals surface area contributed by atoms with Gasteiger partial charge >= 0.3 is 0 Å². The van der Waals surface area contributed by atoms with Gasteiger partial charge in [-0.3, -0.25) is 4.79 Å². The molecule has 0 radical (unpaired) electrons. The molecule has 1 aromatic carbocycles. The zero-order chi connectivity index (χ0) is 13.0. The van der Waals surface area contributed by atoms with Crippen LogP contribution in [0.25, 0.3) is 0 Å². The first kappa shape index (κ1) is 13.5. The van der Waals surface area contributed by atoms with Gasteiger partial charge in [-0.05, 0) is 44.9 Å². The summed E-state index contributed by atoms with van der Waals surface area (Å²) in [5.74, 6) is -0.181. The van der Waals surface area contributed by atoms with E-state index < -0.39 is 0 Å². The van der Waals surface area contributed by atoms with Crippen molar-refractivity contribution < 1.29 is 9.53 Å². The first-order valence-electron chi connectivity index (χ1n) is 5.69. The number of aryl methyl sites for hydroxylation is 1. The largest absolute Gasteiger partial charge is 0.397 e. The molecule has 1 aromatic rings. The summed E-state index contributed by atoms with van der Waals surface area (Å²) in [5, 5.41) is 2.79. The standard InChI is InChI=1S/C13H20N2O2/c1-8(2)17-7-12(16)15-13-10(4)9(3)5-6-11(13)14/h5-6,8H,7,14H2,1-4H3,(H,15,16). The predicted octanol–water partition coefficient (Wildman–Crippen LogP) is 2.25. The van der Waals surface area contributed by atoms with E-state index in [9.17, 15) is 4.79 Å². The molecular weight excluding hydrogens is 216 g/mol. The van der Waals surface area contributed by atoms with Crippen LogP contribution in [0.5, 0.6) is 0 Å². The van der Waals surface area contributed by atoms with Gasteiger partial charge in [0, 0.05) is 0 Å². The molecule has 0 bridgehead atoms. The second kappa shape index (κ2) is 5.68. The fraction of sp³-hybridized carbons (Fsp3) is 0.462. The number of nitrogen functional groups attached to an aromatic ring is 1. The number of hydrogen-bond acceptors (Lipinski definition) is 3. The van der Waals surface area contributed by atoms with E-state index in [2.05, 4.69) is 5.32 Å². The minimum absolute atomic E-state index is 0.0386. The molecule has 0 aliphatic rings. The van der Waals surface area contributed by atoms with Crippen LogP contribution in [-0.2, 0) is 9.53 Å². The summed E-state index contributed by atoms with van der Waals surface area (Å²) in [6, 6.07) is 3.73. The lowest BCUT2D eigenvalue weighted by Gasteiger charge is -2.14. The lowest BCUT2D eigenvalue weighted by molar-refractivity contribution is -0.121. The lowest BCUT2D eigenvalue weighted by atomic mass is 10.1. The van der Waals surface area contributed by atoms with Crippen molar-refractivity contribution in [2.24, 2.45) is 0 Å². The summed E-state index contributed by atoms with van der Waals surface area (Å²) < 4.78 is 5.23. The summed E-state index contributed by atoms with van der Waals surface area (Å²) in [4.78, 5) is 11.6. The zero-order valence-corrected chi connectivity index (χ0v) is 10.8. The number of amides is 1. The van der Waals surface area contributed by atoms with Crippen molar-refractivity contribution in [1.82, 2.24) is 0 Å².